The van der Waals surface area contributed by atoms with Gasteiger partial charge in [-0.25, -0.2) is 0 Å². The van der Waals surface area contributed by atoms with Gasteiger partial charge in [-0.05, 0) is 61.0 Å². The number of rotatable bonds is 6. The van der Waals surface area contributed by atoms with Gasteiger partial charge >= 0.3 is 0 Å². The van der Waals surface area contributed by atoms with Crippen molar-refractivity contribution < 1.29 is 9.72 Å². The summed E-state index contributed by atoms with van der Waals surface area (Å²) in [5, 5.41) is 15.7. The molecule has 28 heavy (non-hydrogen) atoms. The van der Waals surface area contributed by atoms with Crippen LogP contribution in [0.5, 0.6) is 0 Å². The van der Waals surface area contributed by atoms with Gasteiger partial charge in [-0.3, -0.25) is 14.9 Å². The number of nitrogens with one attached hydrogen (secondary N) is 1. The van der Waals surface area contributed by atoms with E-state index in [0.29, 0.717) is 21.2 Å². The van der Waals surface area contributed by atoms with Crippen molar-refractivity contribution >= 4 is 40.4 Å². The first kappa shape index (κ1) is 19.9. The van der Waals surface area contributed by atoms with Crippen molar-refractivity contribution in [3.05, 3.63) is 104 Å². The summed E-state index contributed by atoms with van der Waals surface area (Å²) in [5.74, 6) is -0.242. The van der Waals surface area contributed by atoms with Crippen LogP contribution in [0.4, 0.5) is 11.4 Å². The first-order valence-electron chi connectivity index (χ1n) is 8.46. The summed E-state index contributed by atoms with van der Waals surface area (Å²) in [5.41, 5.74) is 1.88. The summed E-state index contributed by atoms with van der Waals surface area (Å²) in [6, 6.07) is 17.7. The van der Waals surface area contributed by atoms with Gasteiger partial charge in [0.2, 0.25) is 0 Å². The van der Waals surface area contributed by atoms with E-state index in [4.69, 9.17) is 23.2 Å². The molecule has 0 aromatic heterocycles. The zero-order chi connectivity index (χ0) is 20.3. The molecular formula is C21H16Cl2N2O3. The van der Waals surface area contributed by atoms with E-state index in [1.54, 1.807) is 36.4 Å². The Balaban J connectivity index is 1.93. The Hall–Kier alpha value is -2.89. The van der Waals surface area contributed by atoms with Crippen LogP contribution in [-0.2, 0) is 0 Å². The lowest BCUT2D eigenvalue weighted by atomic mass is 10.0. The minimum absolute atomic E-state index is 0.103. The number of hydrogen-bond donors (Lipinski definition) is 1. The van der Waals surface area contributed by atoms with Gasteiger partial charge in [0.25, 0.3) is 5.69 Å². The number of anilines is 1. The Morgan fingerprint density at radius 2 is 1.46 bits per heavy atom. The SMILES string of the molecule is CC(Nc1cc(C(=O)c2ccc(Cl)cc2)ccc1[N+](=O)[O-])c1ccc(Cl)cc1. The van der Waals surface area contributed by atoms with Gasteiger partial charge in [-0.15, -0.1) is 0 Å². The maximum Gasteiger partial charge on any atom is 0.292 e. The molecule has 0 saturated carbocycles. The van der Waals surface area contributed by atoms with Gasteiger partial charge < -0.3 is 5.32 Å². The quantitative estimate of drug-likeness (QED) is 0.291. The molecule has 0 spiro atoms. The smallest absolute Gasteiger partial charge is 0.292 e. The molecule has 3 rings (SSSR count). The third-order valence-electron chi connectivity index (χ3n) is 4.30. The second-order valence-electron chi connectivity index (χ2n) is 6.24. The molecule has 0 radical (unpaired) electrons. The highest BCUT2D eigenvalue weighted by Crippen LogP contribution is 2.30. The van der Waals surface area contributed by atoms with Crippen LogP contribution in [0.2, 0.25) is 10.0 Å². The highest BCUT2D eigenvalue weighted by atomic mass is 35.5. The van der Waals surface area contributed by atoms with E-state index in [1.165, 1.54) is 18.2 Å². The summed E-state index contributed by atoms with van der Waals surface area (Å²) >= 11 is 11.8. The molecule has 3 aromatic rings. The van der Waals surface area contributed by atoms with Gasteiger partial charge in [0, 0.05) is 33.3 Å². The normalized spacial score (nSPS) is 11.7. The maximum atomic E-state index is 12.7. The monoisotopic (exact) mass is 414 g/mol. The van der Waals surface area contributed by atoms with Crippen molar-refractivity contribution in [3.63, 3.8) is 0 Å². The number of halogens is 2. The van der Waals surface area contributed by atoms with Crippen LogP contribution < -0.4 is 5.32 Å². The van der Waals surface area contributed by atoms with Crippen molar-refractivity contribution in [1.82, 2.24) is 0 Å². The van der Waals surface area contributed by atoms with Gasteiger partial charge in [0.1, 0.15) is 5.69 Å². The largest absolute Gasteiger partial charge is 0.373 e. The second-order valence-corrected chi connectivity index (χ2v) is 7.12. The Labute approximate surface area is 172 Å². The Kier molecular flexibility index (Phi) is 5.97. The molecule has 0 aliphatic carbocycles. The number of carbonyl (C=O) groups excluding carboxylic acids is 1. The zero-order valence-corrected chi connectivity index (χ0v) is 16.4. The second kappa shape index (κ2) is 8.42. The molecule has 0 fully saturated rings. The summed E-state index contributed by atoms with van der Waals surface area (Å²) in [7, 11) is 0. The summed E-state index contributed by atoms with van der Waals surface area (Å²) < 4.78 is 0. The van der Waals surface area contributed by atoms with Gasteiger partial charge in [0.05, 0.1) is 4.92 Å². The Bertz CT molecular complexity index is 1020. The van der Waals surface area contributed by atoms with E-state index in [0.717, 1.165) is 5.56 Å². The number of nitro groups is 1. The molecular weight excluding hydrogens is 399 g/mol. The molecule has 0 aliphatic rings. The molecule has 0 aliphatic heterocycles. The number of carbonyl (C=O) groups is 1. The molecule has 1 atom stereocenters. The van der Waals surface area contributed by atoms with E-state index in [9.17, 15) is 14.9 Å². The van der Waals surface area contributed by atoms with Crippen LogP contribution >= 0.6 is 23.2 Å². The van der Waals surface area contributed by atoms with Crippen LogP contribution in [0.3, 0.4) is 0 Å². The molecule has 5 nitrogen and oxygen atoms in total. The lowest BCUT2D eigenvalue weighted by molar-refractivity contribution is -0.384. The molecule has 142 valence electrons. The fourth-order valence-electron chi connectivity index (χ4n) is 2.79. The number of hydrogen-bond acceptors (Lipinski definition) is 4. The van der Waals surface area contributed by atoms with Crippen molar-refractivity contribution in [2.24, 2.45) is 0 Å². The number of ketones is 1. The van der Waals surface area contributed by atoms with E-state index < -0.39 is 4.92 Å². The van der Waals surface area contributed by atoms with Crippen LogP contribution in [0.1, 0.15) is 34.5 Å². The van der Waals surface area contributed by atoms with Gasteiger partial charge in [-0.2, -0.15) is 0 Å². The van der Waals surface area contributed by atoms with E-state index in [-0.39, 0.29) is 23.2 Å². The molecule has 0 saturated heterocycles. The lowest BCUT2D eigenvalue weighted by Crippen LogP contribution is -2.10. The van der Waals surface area contributed by atoms with E-state index >= 15 is 0 Å². The highest BCUT2D eigenvalue weighted by Gasteiger charge is 2.19. The topological polar surface area (TPSA) is 72.2 Å². The van der Waals surface area contributed by atoms with E-state index in [2.05, 4.69) is 5.32 Å². The van der Waals surface area contributed by atoms with Crippen molar-refractivity contribution in [3.8, 4) is 0 Å². The maximum absolute atomic E-state index is 12.7. The predicted molar refractivity (Wildman–Crippen MR) is 111 cm³/mol. The number of nitro benzene ring substituents is 1. The average Bonchev–Trinajstić information content (AvgIpc) is 2.68. The van der Waals surface area contributed by atoms with Crippen LogP contribution in [-0.4, -0.2) is 10.7 Å². The Morgan fingerprint density at radius 1 is 0.929 bits per heavy atom. The minimum atomic E-state index is -0.479. The first-order valence-corrected chi connectivity index (χ1v) is 9.21. The molecule has 3 aromatic carbocycles. The standard InChI is InChI=1S/C21H16Cl2N2O3/c1-13(14-2-7-17(22)8-3-14)24-19-12-16(6-11-20(19)25(27)28)21(26)15-4-9-18(23)10-5-15/h2-13,24H,1H3. The highest BCUT2D eigenvalue weighted by molar-refractivity contribution is 6.31. The molecule has 0 bridgehead atoms. The fraction of sp³-hybridized carbons (Fsp3) is 0.0952. The minimum Gasteiger partial charge on any atom is -0.373 e. The predicted octanol–water partition coefficient (Wildman–Crippen LogP) is 6.31. The van der Waals surface area contributed by atoms with Crippen LogP contribution in [0.15, 0.2) is 66.7 Å². The molecule has 1 N–H and O–H groups in total. The molecule has 1 unspecified atom stereocenters. The molecule has 0 heterocycles. The van der Waals surface area contributed by atoms with Crippen LogP contribution in [0, 0.1) is 10.1 Å². The third kappa shape index (κ3) is 4.50. The lowest BCUT2D eigenvalue weighted by Gasteiger charge is -2.16. The van der Waals surface area contributed by atoms with Crippen molar-refractivity contribution in [2.75, 3.05) is 5.32 Å². The van der Waals surface area contributed by atoms with Gasteiger partial charge in [0.15, 0.2) is 5.78 Å². The fourth-order valence-corrected chi connectivity index (χ4v) is 3.04. The van der Waals surface area contributed by atoms with Gasteiger partial charge in [-0.1, -0.05) is 35.3 Å². The molecule has 7 heteroatoms. The van der Waals surface area contributed by atoms with E-state index in [1.807, 2.05) is 19.1 Å². The first-order chi connectivity index (χ1) is 13.3. The molecule has 0 amide bonds. The Morgan fingerprint density at radius 3 is 2.04 bits per heavy atom. The van der Waals surface area contributed by atoms with Crippen molar-refractivity contribution in [1.29, 1.82) is 0 Å². The summed E-state index contributed by atoms with van der Waals surface area (Å²) in [6.07, 6.45) is 0. The van der Waals surface area contributed by atoms with Crippen molar-refractivity contribution in [2.45, 2.75) is 13.0 Å². The summed E-state index contributed by atoms with van der Waals surface area (Å²) in [4.78, 5) is 23.7. The third-order valence-corrected chi connectivity index (χ3v) is 4.81. The summed E-state index contributed by atoms with van der Waals surface area (Å²) in [6.45, 7) is 1.88. The number of nitrogens with zero attached hydrogens (tertiary/aromatic N) is 1. The van der Waals surface area contributed by atoms with Crippen LogP contribution in [0.25, 0.3) is 0 Å². The zero-order valence-electron chi connectivity index (χ0n) is 14.9. The average molecular weight is 415 g/mol. The number of benzene rings is 3.